The lowest BCUT2D eigenvalue weighted by molar-refractivity contribution is 0.149. The van der Waals surface area contributed by atoms with Crippen molar-refractivity contribution in [2.24, 2.45) is 0 Å². The van der Waals surface area contributed by atoms with Crippen molar-refractivity contribution < 1.29 is 4.74 Å². The molecule has 0 unspecified atom stereocenters. The first-order chi connectivity index (χ1) is 6.83. The summed E-state index contributed by atoms with van der Waals surface area (Å²) in [5.41, 5.74) is 1.24. The van der Waals surface area contributed by atoms with Gasteiger partial charge in [-0.05, 0) is 24.6 Å². The summed E-state index contributed by atoms with van der Waals surface area (Å²) in [5.74, 6) is 0. The Bertz CT molecular complexity index is 248. The quantitative estimate of drug-likeness (QED) is 0.734. The van der Waals surface area contributed by atoms with E-state index in [1.807, 2.05) is 31.2 Å². The second kappa shape index (κ2) is 6.82. The molecule has 0 aliphatic rings. The van der Waals surface area contributed by atoms with E-state index in [4.69, 9.17) is 16.3 Å². The maximum absolute atomic E-state index is 5.77. The molecule has 0 aliphatic heterocycles. The number of hydrogen-bond donors (Lipinski definition) is 1. The fourth-order valence-corrected chi connectivity index (χ4v) is 1.25. The minimum absolute atomic E-state index is 0.768. The number of hydrogen-bond acceptors (Lipinski definition) is 2. The number of halogens is 1. The van der Waals surface area contributed by atoms with Gasteiger partial charge in [0, 0.05) is 24.7 Å². The van der Waals surface area contributed by atoms with Crippen molar-refractivity contribution in [3.8, 4) is 0 Å². The van der Waals surface area contributed by atoms with Crippen LogP contribution in [-0.2, 0) is 11.3 Å². The van der Waals surface area contributed by atoms with E-state index in [2.05, 4.69) is 5.32 Å². The molecule has 0 saturated heterocycles. The second-order valence-electron chi connectivity index (χ2n) is 3.00. The Kier molecular flexibility index (Phi) is 5.60. The van der Waals surface area contributed by atoms with Gasteiger partial charge in [0.1, 0.15) is 0 Å². The molecule has 14 heavy (non-hydrogen) atoms. The van der Waals surface area contributed by atoms with E-state index in [1.54, 1.807) is 0 Å². The average molecular weight is 214 g/mol. The molecule has 0 saturated carbocycles. The average Bonchev–Trinajstić information content (AvgIpc) is 2.21. The monoisotopic (exact) mass is 213 g/mol. The minimum atomic E-state index is 0.768. The smallest absolute Gasteiger partial charge is 0.0590 e. The third-order valence-corrected chi connectivity index (χ3v) is 2.12. The summed E-state index contributed by atoms with van der Waals surface area (Å²) in [6, 6.07) is 7.86. The summed E-state index contributed by atoms with van der Waals surface area (Å²) in [6.07, 6.45) is 0. The van der Waals surface area contributed by atoms with Crippen molar-refractivity contribution in [3.63, 3.8) is 0 Å². The van der Waals surface area contributed by atoms with Crippen LogP contribution in [0.2, 0.25) is 5.02 Å². The molecule has 1 rings (SSSR count). The zero-order valence-electron chi connectivity index (χ0n) is 8.42. The first-order valence-electron chi connectivity index (χ1n) is 4.86. The maximum atomic E-state index is 5.77. The van der Waals surface area contributed by atoms with Crippen LogP contribution in [-0.4, -0.2) is 19.8 Å². The largest absolute Gasteiger partial charge is 0.380 e. The summed E-state index contributed by atoms with van der Waals surface area (Å²) < 4.78 is 5.21. The molecular formula is C11H16ClNO. The van der Waals surface area contributed by atoms with E-state index in [9.17, 15) is 0 Å². The van der Waals surface area contributed by atoms with Crippen LogP contribution in [0, 0.1) is 0 Å². The predicted octanol–water partition coefficient (Wildman–Crippen LogP) is 2.47. The first kappa shape index (κ1) is 11.5. The van der Waals surface area contributed by atoms with Crippen LogP contribution < -0.4 is 5.32 Å². The molecule has 0 aliphatic carbocycles. The van der Waals surface area contributed by atoms with Crippen LogP contribution in [0.3, 0.4) is 0 Å². The minimum Gasteiger partial charge on any atom is -0.380 e. The number of nitrogens with one attached hydrogen (secondary N) is 1. The van der Waals surface area contributed by atoms with Gasteiger partial charge in [0.05, 0.1) is 6.61 Å². The highest BCUT2D eigenvalue weighted by Crippen LogP contribution is 2.08. The fraction of sp³-hybridized carbons (Fsp3) is 0.455. The van der Waals surface area contributed by atoms with Gasteiger partial charge in [-0.3, -0.25) is 0 Å². The summed E-state index contributed by atoms with van der Waals surface area (Å²) in [6.45, 7) is 5.30. The van der Waals surface area contributed by atoms with Gasteiger partial charge in [-0.25, -0.2) is 0 Å². The molecule has 0 spiro atoms. The summed E-state index contributed by atoms with van der Waals surface area (Å²) in [7, 11) is 0. The highest BCUT2D eigenvalue weighted by Gasteiger charge is 1.92. The standard InChI is InChI=1S/C11H16ClNO/c1-2-14-8-7-13-9-10-3-5-11(12)6-4-10/h3-6,13H,2,7-9H2,1H3. The van der Waals surface area contributed by atoms with Crippen molar-refractivity contribution in [1.29, 1.82) is 0 Å². The van der Waals surface area contributed by atoms with Gasteiger partial charge in [-0.15, -0.1) is 0 Å². The molecule has 2 nitrogen and oxygen atoms in total. The Morgan fingerprint density at radius 3 is 2.64 bits per heavy atom. The highest BCUT2D eigenvalue weighted by atomic mass is 35.5. The second-order valence-corrected chi connectivity index (χ2v) is 3.44. The number of rotatable bonds is 6. The topological polar surface area (TPSA) is 21.3 Å². The van der Waals surface area contributed by atoms with Crippen molar-refractivity contribution in [2.45, 2.75) is 13.5 Å². The van der Waals surface area contributed by atoms with Crippen LogP contribution in [0.1, 0.15) is 12.5 Å². The Balaban J connectivity index is 2.15. The van der Waals surface area contributed by atoms with Crippen LogP contribution in [0.4, 0.5) is 0 Å². The van der Waals surface area contributed by atoms with Gasteiger partial charge >= 0.3 is 0 Å². The van der Waals surface area contributed by atoms with Gasteiger partial charge in [-0.2, -0.15) is 0 Å². The zero-order valence-corrected chi connectivity index (χ0v) is 9.18. The van der Waals surface area contributed by atoms with Crippen LogP contribution in [0.25, 0.3) is 0 Å². The predicted molar refractivity (Wildman–Crippen MR) is 59.7 cm³/mol. The van der Waals surface area contributed by atoms with E-state index in [0.717, 1.165) is 31.3 Å². The SMILES string of the molecule is CCOCCNCc1ccc(Cl)cc1. The van der Waals surface area contributed by atoms with Gasteiger partial charge in [0.2, 0.25) is 0 Å². The molecule has 0 atom stereocenters. The molecule has 1 N–H and O–H groups in total. The van der Waals surface area contributed by atoms with Crippen molar-refractivity contribution in [3.05, 3.63) is 34.9 Å². The molecule has 0 amide bonds. The van der Waals surface area contributed by atoms with Gasteiger partial charge < -0.3 is 10.1 Å². The summed E-state index contributed by atoms with van der Waals surface area (Å²) in [5, 5.41) is 4.07. The van der Waals surface area contributed by atoms with E-state index in [0.29, 0.717) is 0 Å². The third kappa shape index (κ3) is 4.61. The molecule has 0 aromatic heterocycles. The summed E-state index contributed by atoms with van der Waals surface area (Å²) >= 11 is 5.77. The van der Waals surface area contributed by atoms with Crippen molar-refractivity contribution in [2.75, 3.05) is 19.8 Å². The number of ether oxygens (including phenoxy) is 1. The molecule has 1 aromatic rings. The van der Waals surface area contributed by atoms with Crippen LogP contribution in [0.15, 0.2) is 24.3 Å². The van der Waals surface area contributed by atoms with Crippen molar-refractivity contribution >= 4 is 11.6 Å². The molecule has 0 radical (unpaired) electrons. The molecule has 0 bridgehead atoms. The van der Waals surface area contributed by atoms with E-state index in [1.165, 1.54) is 5.56 Å². The molecule has 3 heteroatoms. The Morgan fingerprint density at radius 1 is 1.29 bits per heavy atom. The molecule has 78 valence electrons. The number of benzene rings is 1. The highest BCUT2D eigenvalue weighted by molar-refractivity contribution is 6.30. The van der Waals surface area contributed by atoms with Gasteiger partial charge in [0.25, 0.3) is 0 Å². The molecule has 0 fully saturated rings. The molecule has 1 aromatic carbocycles. The first-order valence-corrected chi connectivity index (χ1v) is 5.23. The van der Waals surface area contributed by atoms with E-state index >= 15 is 0 Å². The Hall–Kier alpha value is -0.570. The van der Waals surface area contributed by atoms with E-state index in [-0.39, 0.29) is 0 Å². The molecular weight excluding hydrogens is 198 g/mol. The van der Waals surface area contributed by atoms with Crippen molar-refractivity contribution in [1.82, 2.24) is 5.32 Å². The van der Waals surface area contributed by atoms with Gasteiger partial charge in [-0.1, -0.05) is 23.7 Å². The fourth-order valence-electron chi connectivity index (χ4n) is 1.12. The maximum Gasteiger partial charge on any atom is 0.0590 e. The molecule has 0 heterocycles. The van der Waals surface area contributed by atoms with Crippen LogP contribution >= 0.6 is 11.6 Å². The Labute approximate surface area is 90.2 Å². The lowest BCUT2D eigenvalue weighted by Gasteiger charge is -2.04. The zero-order chi connectivity index (χ0) is 10.2. The van der Waals surface area contributed by atoms with Gasteiger partial charge in [0.15, 0.2) is 0 Å². The lowest BCUT2D eigenvalue weighted by Crippen LogP contribution is -2.19. The summed E-state index contributed by atoms with van der Waals surface area (Å²) in [4.78, 5) is 0. The van der Waals surface area contributed by atoms with E-state index < -0.39 is 0 Å². The van der Waals surface area contributed by atoms with Crippen LogP contribution in [0.5, 0.6) is 0 Å². The Morgan fingerprint density at radius 2 is 2.00 bits per heavy atom. The third-order valence-electron chi connectivity index (χ3n) is 1.87. The normalized spacial score (nSPS) is 10.4. The lowest BCUT2D eigenvalue weighted by atomic mass is 10.2.